The number of H-pyrrole nitrogens is 1. The second-order valence-electron chi connectivity index (χ2n) is 5.83. The maximum absolute atomic E-state index is 12.1. The molecule has 1 aliphatic rings. The molecule has 0 fully saturated rings. The molecular weight excluding hydrogens is 318 g/mol. The molecule has 0 spiro atoms. The summed E-state index contributed by atoms with van der Waals surface area (Å²) in [5.41, 5.74) is 3.78. The Hall–Kier alpha value is -3.35. The molecule has 0 saturated carbocycles. The largest absolute Gasteiger partial charge is 0.497 e. The van der Waals surface area contributed by atoms with Gasteiger partial charge in [-0.05, 0) is 29.8 Å². The number of nitrogens with one attached hydrogen (secondary N) is 2. The van der Waals surface area contributed by atoms with E-state index in [0.29, 0.717) is 12.2 Å². The summed E-state index contributed by atoms with van der Waals surface area (Å²) in [5, 5.41) is 14.4. The Kier molecular flexibility index (Phi) is 3.61. The number of fused-ring (bicyclic) bond motifs is 1. The van der Waals surface area contributed by atoms with Crippen molar-refractivity contribution >= 4 is 17.9 Å². The summed E-state index contributed by atoms with van der Waals surface area (Å²) < 4.78 is 6.85. The Labute approximate surface area is 144 Å². The maximum Gasteiger partial charge on any atom is 0.226 e. The quantitative estimate of drug-likeness (QED) is 0.768. The number of anilines is 1. The van der Waals surface area contributed by atoms with Crippen LogP contribution in [0.2, 0.25) is 0 Å². The van der Waals surface area contributed by atoms with Crippen LogP contribution in [0.4, 0.5) is 5.82 Å². The van der Waals surface area contributed by atoms with Crippen LogP contribution in [0.1, 0.15) is 23.5 Å². The predicted octanol–water partition coefficient (Wildman–Crippen LogP) is 2.86. The average molecular weight is 335 g/mol. The number of hydrogen-bond donors (Lipinski definition) is 2. The highest BCUT2D eigenvalue weighted by Crippen LogP contribution is 2.41. The van der Waals surface area contributed by atoms with E-state index in [0.717, 1.165) is 28.1 Å². The second-order valence-corrected chi connectivity index (χ2v) is 5.83. The number of carbonyl (C=O) groups excluding carboxylic acids is 1. The van der Waals surface area contributed by atoms with E-state index in [-0.39, 0.29) is 11.8 Å². The summed E-state index contributed by atoms with van der Waals surface area (Å²) in [4.78, 5) is 12.1. The van der Waals surface area contributed by atoms with Crippen molar-refractivity contribution in [2.24, 2.45) is 0 Å². The Morgan fingerprint density at radius 3 is 2.84 bits per heavy atom. The van der Waals surface area contributed by atoms with Crippen molar-refractivity contribution in [1.82, 2.24) is 20.0 Å². The fourth-order valence-corrected chi connectivity index (χ4v) is 3.15. The molecule has 7 heteroatoms. The number of rotatable bonds is 4. The SMILES string of the molecule is C=Cn1cc([C@H]2CC(=O)Nc3n[nH]c(-c4ccc(OC)cc4)c32)cn1. The highest BCUT2D eigenvalue weighted by molar-refractivity contribution is 5.96. The van der Waals surface area contributed by atoms with Crippen LogP contribution in [0.5, 0.6) is 5.75 Å². The van der Waals surface area contributed by atoms with Crippen LogP contribution >= 0.6 is 0 Å². The molecule has 1 aromatic carbocycles. The van der Waals surface area contributed by atoms with Gasteiger partial charge in [-0.2, -0.15) is 10.2 Å². The Morgan fingerprint density at radius 1 is 1.36 bits per heavy atom. The molecule has 4 rings (SSSR count). The number of carbonyl (C=O) groups is 1. The molecule has 2 N–H and O–H groups in total. The summed E-state index contributed by atoms with van der Waals surface area (Å²) >= 11 is 0. The van der Waals surface area contributed by atoms with Crippen molar-refractivity contribution in [2.45, 2.75) is 12.3 Å². The third-order valence-electron chi connectivity index (χ3n) is 4.39. The Bertz CT molecular complexity index is 939. The molecule has 1 aliphatic heterocycles. The lowest BCUT2D eigenvalue weighted by Gasteiger charge is -2.22. The smallest absolute Gasteiger partial charge is 0.226 e. The van der Waals surface area contributed by atoms with Gasteiger partial charge in [-0.1, -0.05) is 6.58 Å². The molecule has 7 nitrogen and oxygen atoms in total. The minimum atomic E-state index is -0.117. The van der Waals surface area contributed by atoms with Crippen molar-refractivity contribution in [3.05, 3.63) is 54.4 Å². The molecule has 0 bridgehead atoms. The van der Waals surface area contributed by atoms with Crippen LogP contribution in [0.25, 0.3) is 17.5 Å². The van der Waals surface area contributed by atoms with Gasteiger partial charge < -0.3 is 10.1 Å². The van der Waals surface area contributed by atoms with Crippen LogP contribution in [-0.4, -0.2) is 33.0 Å². The summed E-state index contributed by atoms with van der Waals surface area (Å²) in [7, 11) is 1.63. The normalized spacial score (nSPS) is 16.2. The number of ether oxygens (including phenoxy) is 1. The van der Waals surface area contributed by atoms with E-state index in [9.17, 15) is 4.79 Å². The summed E-state index contributed by atoms with van der Waals surface area (Å²) in [6, 6.07) is 7.73. The van der Waals surface area contributed by atoms with Gasteiger partial charge >= 0.3 is 0 Å². The zero-order valence-electron chi connectivity index (χ0n) is 13.7. The summed E-state index contributed by atoms with van der Waals surface area (Å²) in [5.74, 6) is 1.18. The molecule has 3 aromatic rings. The minimum Gasteiger partial charge on any atom is -0.497 e. The van der Waals surface area contributed by atoms with Gasteiger partial charge in [0.15, 0.2) is 5.82 Å². The molecule has 1 atom stereocenters. The van der Waals surface area contributed by atoms with Gasteiger partial charge in [-0.25, -0.2) is 4.68 Å². The number of hydrogen-bond acceptors (Lipinski definition) is 4. The van der Waals surface area contributed by atoms with E-state index >= 15 is 0 Å². The molecule has 0 radical (unpaired) electrons. The summed E-state index contributed by atoms with van der Waals surface area (Å²) in [6.45, 7) is 3.71. The molecule has 0 unspecified atom stereocenters. The lowest BCUT2D eigenvalue weighted by molar-refractivity contribution is -0.116. The highest BCUT2D eigenvalue weighted by atomic mass is 16.5. The first kappa shape index (κ1) is 15.2. The van der Waals surface area contributed by atoms with Gasteiger partial charge in [0.05, 0.1) is 19.0 Å². The van der Waals surface area contributed by atoms with Crippen LogP contribution in [-0.2, 0) is 4.79 Å². The van der Waals surface area contributed by atoms with Gasteiger partial charge in [-0.3, -0.25) is 9.89 Å². The number of benzene rings is 1. The number of nitrogens with zero attached hydrogens (tertiary/aromatic N) is 3. The molecule has 0 saturated heterocycles. The topological polar surface area (TPSA) is 84.8 Å². The molecule has 0 aliphatic carbocycles. The van der Waals surface area contributed by atoms with Crippen molar-refractivity contribution in [1.29, 1.82) is 0 Å². The van der Waals surface area contributed by atoms with Gasteiger partial charge in [0.1, 0.15) is 5.75 Å². The van der Waals surface area contributed by atoms with Gasteiger partial charge in [0, 0.05) is 35.9 Å². The Balaban J connectivity index is 1.81. The molecule has 2 aromatic heterocycles. The van der Waals surface area contributed by atoms with E-state index in [2.05, 4.69) is 27.2 Å². The van der Waals surface area contributed by atoms with Crippen molar-refractivity contribution < 1.29 is 9.53 Å². The second kappa shape index (κ2) is 5.94. The number of aromatic amines is 1. The molecule has 25 heavy (non-hydrogen) atoms. The van der Waals surface area contributed by atoms with Crippen molar-refractivity contribution in [2.75, 3.05) is 12.4 Å². The fraction of sp³-hybridized carbons (Fsp3) is 0.167. The van der Waals surface area contributed by atoms with Crippen LogP contribution in [0.15, 0.2) is 43.2 Å². The van der Waals surface area contributed by atoms with E-state index < -0.39 is 0 Å². The first-order valence-electron chi connectivity index (χ1n) is 7.88. The monoisotopic (exact) mass is 335 g/mol. The van der Waals surface area contributed by atoms with Gasteiger partial charge in [-0.15, -0.1) is 0 Å². The molecular formula is C18H17N5O2. The lowest BCUT2D eigenvalue weighted by Crippen LogP contribution is -2.23. The van der Waals surface area contributed by atoms with Crippen molar-refractivity contribution in [3.63, 3.8) is 0 Å². The molecule has 1 amide bonds. The first-order valence-corrected chi connectivity index (χ1v) is 7.88. The number of methoxy groups -OCH3 is 1. The standard InChI is InChI=1S/C18H17N5O2/c1-3-23-10-12(9-19-23)14-8-15(24)20-18-16(14)17(21-22-18)11-4-6-13(25-2)7-5-11/h3-7,9-10,14H,1,8H2,2H3,(H2,20,21,22,24)/t14-/m1/s1. The van der Waals surface area contributed by atoms with E-state index in [1.54, 1.807) is 24.2 Å². The number of aromatic nitrogens is 4. The first-order chi connectivity index (χ1) is 12.2. The van der Waals surface area contributed by atoms with Crippen molar-refractivity contribution in [3.8, 4) is 17.0 Å². The van der Waals surface area contributed by atoms with Gasteiger partial charge in [0.2, 0.25) is 5.91 Å². The highest BCUT2D eigenvalue weighted by Gasteiger charge is 2.32. The molecule has 3 heterocycles. The van der Waals surface area contributed by atoms with Gasteiger partial charge in [0.25, 0.3) is 0 Å². The van der Waals surface area contributed by atoms with E-state index in [1.807, 2.05) is 30.5 Å². The summed E-state index contributed by atoms with van der Waals surface area (Å²) in [6.07, 6.45) is 5.61. The lowest BCUT2D eigenvalue weighted by atomic mass is 9.86. The third-order valence-corrected chi connectivity index (χ3v) is 4.39. The van der Waals surface area contributed by atoms with E-state index in [1.165, 1.54) is 0 Å². The van der Waals surface area contributed by atoms with Crippen LogP contribution < -0.4 is 10.1 Å². The maximum atomic E-state index is 12.1. The fourth-order valence-electron chi connectivity index (χ4n) is 3.15. The van der Waals surface area contributed by atoms with Crippen LogP contribution in [0.3, 0.4) is 0 Å². The average Bonchev–Trinajstić information content (AvgIpc) is 3.28. The minimum absolute atomic E-state index is 0.0587. The third kappa shape index (κ3) is 2.59. The Morgan fingerprint density at radius 2 is 2.16 bits per heavy atom. The van der Waals surface area contributed by atoms with E-state index in [4.69, 9.17) is 4.74 Å². The van der Waals surface area contributed by atoms with Crippen LogP contribution in [0, 0.1) is 0 Å². The zero-order valence-corrected chi connectivity index (χ0v) is 13.7. The number of amides is 1. The predicted molar refractivity (Wildman–Crippen MR) is 94.3 cm³/mol. The molecule has 126 valence electrons. The zero-order chi connectivity index (χ0) is 17.4.